The second kappa shape index (κ2) is 3.34. The van der Waals surface area contributed by atoms with E-state index in [-0.39, 0.29) is 0 Å². The zero-order valence-corrected chi connectivity index (χ0v) is 6.33. The Balaban J connectivity index is 4.12. The van der Waals surface area contributed by atoms with E-state index in [4.69, 9.17) is 10.2 Å². The molecule has 0 aliphatic carbocycles. The van der Waals surface area contributed by atoms with E-state index >= 15 is 0 Å². The second-order valence-corrected chi connectivity index (χ2v) is 2.33. The van der Waals surface area contributed by atoms with Crippen LogP contribution in [-0.2, 0) is 14.3 Å². The van der Waals surface area contributed by atoms with Gasteiger partial charge < -0.3 is 14.9 Å². The molecule has 0 spiro atoms. The predicted octanol–water partition coefficient (Wildman–Crippen LogP) is -0.615. The Kier molecular flexibility index (Phi) is 3.00. The van der Waals surface area contributed by atoms with Gasteiger partial charge in [-0.25, -0.2) is 4.79 Å². The van der Waals surface area contributed by atoms with Crippen molar-refractivity contribution in [3.05, 3.63) is 0 Å². The lowest BCUT2D eigenvalue weighted by molar-refractivity contribution is -0.164. The summed E-state index contributed by atoms with van der Waals surface area (Å²) in [4.78, 5) is 20.7. The zero-order valence-electron chi connectivity index (χ0n) is 6.33. The Labute approximate surface area is 63.6 Å². The van der Waals surface area contributed by atoms with Crippen LogP contribution in [0.25, 0.3) is 0 Å². The Bertz CT molecular complexity index is 172. The van der Waals surface area contributed by atoms with Gasteiger partial charge in [0, 0.05) is 0 Å². The number of aliphatic hydroxyl groups is 1. The van der Waals surface area contributed by atoms with Crippen LogP contribution in [-0.4, -0.2) is 34.9 Å². The molecule has 2 N–H and O–H groups in total. The maximum Gasteiger partial charge on any atom is 0.335 e. The fraction of sp³-hybridized carbons (Fsp3) is 0.667. The van der Waals surface area contributed by atoms with Crippen molar-refractivity contribution >= 4 is 11.9 Å². The minimum Gasteiger partial charge on any atom is -0.479 e. The van der Waals surface area contributed by atoms with Crippen LogP contribution in [0.3, 0.4) is 0 Å². The summed E-state index contributed by atoms with van der Waals surface area (Å²) in [5, 5.41) is 17.3. The number of ether oxygens (including phenoxy) is 1. The quantitative estimate of drug-likeness (QED) is 0.540. The molecule has 0 radical (unpaired) electrons. The summed E-state index contributed by atoms with van der Waals surface area (Å²) in [5.74, 6) is -2.19. The van der Waals surface area contributed by atoms with Gasteiger partial charge in [-0.3, -0.25) is 4.79 Å². The standard InChI is InChI=1S/C6H10O5/c1-6(10,5(8)9)3-4(7)11-2/h10H,3H2,1-2H3,(H,8,9). The van der Waals surface area contributed by atoms with Gasteiger partial charge in [0.15, 0.2) is 5.60 Å². The van der Waals surface area contributed by atoms with E-state index < -0.39 is 24.0 Å². The smallest absolute Gasteiger partial charge is 0.335 e. The van der Waals surface area contributed by atoms with Crippen molar-refractivity contribution in [3.8, 4) is 0 Å². The van der Waals surface area contributed by atoms with Gasteiger partial charge in [-0.2, -0.15) is 0 Å². The molecule has 1 atom stereocenters. The van der Waals surface area contributed by atoms with Crippen LogP contribution in [0.1, 0.15) is 13.3 Å². The number of methoxy groups -OCH3 is 1. The summed E-state index contributed by atoms with van der Waals surface area (Å²) >= 11 is 0. The van der Waals surface area contributed by atoms with Gasteiger partial charge in [0.05, 0.1) is 13.5 Å². The largest absolute Gasteiger partial charge is 0.479 e. The minimum absolute atomic E-state index is 0.543. The van der Waals surface area contributed by atoms with E-state index in [2.05, 4.69) is 4.74 Å². The van der Waals surface area contributed by atoms with E-state index in [1.165, 1.54) is 0 Å². The van der Waals surface area contributed by atoms with Crippen LogP contribution >= 0.6 is 0 Å². The highest BCUT2D eigenvalue weighted by molar-refractivity contribution is 5.83. The minimum atomic E-state index is -2.03. The molecular weight excluding hydrogens is 152 g/mol. The highest BCUT2D eigenvalue weighted by Crippen LogP contribution is 2.09. The average Bonchev–Trinajstić information content (AvgIpc) is 1.86. The number of hydrogen-bond acceptors (Lipinski definition) is 4. The molecule has 0 aromatic rings. The SMILES string of the molecule is COC(=O)CC(C)(O)C(=O)O. The lowest BCUT2D eigenvalue weighted by atomic mass is 10.0. The molecule has 11 heavy (non-hydrogen) atoms. The molecule has 1 unspecified atom stereocenters. The number of esters is 1. The van der Waals surface area contributed by atoms with Gasteiger partial charge in [-0.15, -0.1) is 0 Å². The molecular formula is C6H10O5. The maximum absolute atomic E-state index is 10.5. The molecule has 5 heteroatoms. The summed E-state index contributed by atoms with van der Waals surface area (Å²) in [6.07, 6.45) is -0.543. The molecule has 0 aliphatic heterocycles. The lowest BCUT2D eigenvalue weighted by Gasteiger charge is -2.15. The van der Waals surface area contributed by atoms with Crippen LogP contribution in [0.5, 0.6) is 0 Å². The summed E-state index contributed by atoms with van der Waals surface area (Å²) < 4.78 is 4.17. The van der Waals surface area contributed by atoms with Gasteiger partial charge in [-0.1, -0.05) is 0 Å². The third kappa shape index (κ3) is 2.99. The average molecular weight is 162 g/mol. The summed E-state index contributed by atoms with van der Waals surface area (Å²) in [6.45, 7) is 1.03. The summed E-state index contributed by atoms with van der Waals surface area (Å²) in [5.41, 5.74) is -2.03. The number of carbonyl (C=O) groups excluding carboxylic acids is 1. The van der Waals surface area contributed by atoms with Gasteiger partial charge in [-0.05, 0) is 6.92 Å². The van der Waals surface area contributed by atoms with Crippen LogP contribution in [0.2, 0.25) is 0 Å². The Morgan fingerprint density at radius 3 is 2.27 bits per heavy atom. The maximum atomic E-state index is 10.5. The van der Waals surface area contributed by atoms with Crippen molar-refractivity contribution in [1.29, 1.82) is 0 Å². The molecule has 0 aromatic heterocycles. The van der Waals surface area contributed by atoms with Gasteiger partial charge in [0.2, 0.25) is 0 Å². The van der Waals surface area contributed by atoms with E-state index in [0.717, 1.165) is 14.0 Å². The van der Waals surface area contributed by atoms with Crippen molar-refractivity contribution in [2.24, 2.45) is 0 Å². The Hall–Kier alpha value is -1.10. The first-order valence-corrected chi connectivity index (χ1v) is 2.92. The van der Waals surface area contributed by atoms with Gasteiger partial charge in [0.25, 0.3) is 0 Å². The first-order chi connectivity index (χ1) is 4.90. The molecule has 0 aliphatic rings. The third-order valence-corrected chi connectivity index (χ3v) is 1.18. The van der Waals surface area contributed by atoms with Crippen molar-refractivity contribution in [3.63, 3.8) is 0 Å². The van der Waals surface area contributed by atoms with Crippen LogP contribution < -0.4 is 0 Å². The fourth-order valence-corrected chi connectivity index (χ4v) is 0.429. The molecule has 0 heterocycles. The van der Waals surface area contributed by atoms with E-state index in [1.54, 1.807) is 0 Å². The molecule has 5 nitrogen and oxygen atoms in total. The topological polar surface area (TPSA) is 83.8 Å². The normalized spacial score (nSPS) is 15.2. The predicted molar refractivity (Wildman–Crippen MR) is 34.9 cm³/mol. The van der Waals surface area contributed by atoms with Crippen LogP contribution in [0.4, 0.5) is 0 Å². The molecule has 0 bridgehead atoms. The lowest BCUT2D eigenvalue weighted by Crippen LogP contribution is -2.37. The number of carboxylic acid groups (broad SMARTS) is 1. The highest BCUT2D eigenvalue weighted by atomic mass is 16.5. The van der Waals surface area contributed by atoms with Gasteiger partial charge >= 0.3 is 11.9 Å². The first kappa shape index (κ1) is 9.90. The van der Waals surface area contributed by atoms with E-state index in [0.29, 0.717) is 0 Å². The molecule has 0 rings (SSSR count). The van der Waals surface area contributed by atoms with Crippen molar-refractivity contribution < 1.29 is 24.5 Å². The summed E-state index contributed by atoms with van der Waals surface area (Å²) in [6, 6.07) is 0. The third-order valence-electron chi connectivity index (χ3n) is 1.18. The molecule has 0 amide bonds. The van der Waals surface area contributed by atoms with Crippen LogP contribution in [0, 0.1) is 0 Å². The van der Waals surface area contributed by atoms with Crippen molar-refractivity contribution in [2.75, 3.05) is 7.11 Å². The molecule has 0 saturated carbocycles. The molecule has 0 saturated heterocycles. The fourth-order valence-electron chi connectivity index (χ4n) is 0.429. The number of rotatable bonds is 3. The monoisotopic (exact) mass is 162 g/mol. The molecule has 64 valence electrons. The Morgan fingerprint density at radius 2 is 2.00 bits per heavy atom. The van der Waals surface area contributed by atoms with E-state index in [9.17, 15) is 9.59 Å². The molecule has 0 fully saturated rings. The Morgan fingerprint density at radius 1 is 1.55 bits per heavy atom. The first-order valence-electron chi connectivity index (χ1n) is 2.92. The van der Waals surface area contributed by atoms with Crippen molar-refractivity contribution in [2.45, 2.75) is 18.9 Å². The van der Waals surface area contributed by atoms with E-state index in [1.807, 2.05) is 0 Å². The van der Waals surface area contributed by atoms with Gasteiger partial charge in [0.1, 0.15) is 0 Å². The highest BCUT2D eigenvalue weighted by Gasteiger charge is 2.33. The summed E-state index contributed by atoms with van der Waals surface area (Å²) in [7, 11) is 1.13. The van der Waals surface area contributed by atoms with Crippen LogP contribution in [0.15, 0.2) is 0 Å². The van der Waals surface area contributed by atoms with Crippen molar-refractivity contribution in [1.82, 2.24) is 0 Å². The number of carboxylic acids is 1. The molecule has 0 aromatic carbocycles. The second-order valence-electron chi connectivity index (χ2n) is 2.33. The zero-order chi connectivity index (χ0) is 9.07. The number of aliphatic carboxylic acids is 1. The number of hydrogen-bond donors (Lipinski definition) is 2. The number of carbonyl (C=O) groups is 2.